The first-order valence-corrected chi connectivity index (χ1v) is 6.89. The minimum absolute atomic E-state index is 0.0169. The second-order valence-electron chi connectivity index (χ2n) is 4.30. The van der Waals surface area contributed by atoms with E-state index >= 15 is 0 Å². The van der Waals surface area contributed by atoms with Crippen LogP contribution in [0.3, 0.4) is 0 Å². The number of rotatable bonds is 2. The van der Waals surface area contributed by atoms with E-state index in [4.69, 9.17) is 0 Å². The van der Waals surface area contributed by atoms with E-state index in [2.05, 4.69) is 26.8 Å². The van der Waals surface area contributed by atoms with Crippen molar-refractivity contribution in [2.75, 3.05) is 6.54 Å². The topological polar surface area (TPSA) is 46.1 Å². The maximum absolute atomic E-state index is 12.4. The van der Waals surface area contributed by atoms with Crippen LogP contribution in [0.15, 0.2) is 35.4 Å². The Hall–Kier alpha value is -1.75. The second-order valence-corrected chi connectivity index (χ2v) is 5.08. The summed E-state index contributed by atoms with van der Waals surface area (Å²) < 4.78 is 0. The Morgan fingerprint density at radius 3 is 3.11 bits per heavy atom. The maximum Gasteiger partial charge on any atom is 0.274 e. The molecular formula is C13H13N3OS. The summed E-state index contributed by atoms with van der Waals surface area (Å²) in [7, 11) is 0. The predicted octanol–water partition coefficient (Wildman–Crippen LogP) is 2.52. The van der Waals surface area contributed by atoms with E-state index in [1.54, 1.807) is 23.7 Å². The minimum atomic E-state index is -0.0169. The fraction of sp³-hybridized carbons (Fsp3) is 0.308. The number of likely N-dealkylation sites (tertiary alicyclic amines) is 1. The fourth-order valence-electron chi connectivity index (χ4n) is 2.38. The first kappa shape index (κ1) is 11.3. The summed E-state index contributed by atoms with van der Waals surface area (Å²) in [4.78, 5) is 22.3. The summed E-state index contributed by atoms with van der Waals surface area (Å²) in [6.45, 7) is 0.802. The number of thiophene rings is 1. The van der Waals surface area contributed by atoms with Crippen LogP contribution in [0.25, 0.3) is 0 Å². The third-order valence-electron chi connectivity index (χ3n) is 3.22. The van der Waals surface area contributed by atoms with Crippen molar-refractivity contribution in [1.82, 2.24) is 14.9 Å². The van der Waals surface area contributed by atoms with E-state index in [0.29, 0.717) is 5.69 Å². The van der Waals surface area contributed by atoms with Crippen LogP contribution in [0.2, 0.25) is 0 Å². The number of nitrogens with zero attached hydrogens (tertiary/aromatic N) is 3. The molecule has 3 rings (SSSR count). The number of carbonyl (C=O) groups is 1. The van der Waals surface area contributed by atoms with Crippen LogP contribution in [-0.2, 0) is 0 Å². The molecule has 5 heteroatoms. The molecule has 0 saturated carbocycles. The van der Waals surface area contributed by atoms with Gasteiger partial charge in [-0.2, -0.15) is 11.3 Å². The van der Waals surface area contributed by atoms with Gasteiger partial charge in [-0.05, 0) is 35.2 Å². The summed E-state index contributed by atoms with van der Waals surface area (Å²) >= 11 is 1.67. The minimum Gasteiger partial charge on any atom is -0.330 e. The number of hydrogen-bond acceptors (Lipinski definition) is 4. The van der Waals surface area contributed by atoms with E-state index in [-0.39, 0.29) is 11.9 Å². The van der Waals surface area contributed by atoms with Crippen molar-refractivity contribution in [2.24, 2.45) is 0 Å². The van der Waals surface area contributed by atoms with E-state index in [1.165, 1.54) is 11.8 Å². The Balaban J connectivity index is 1.85. The Bertz CT molecular complexity index is 526. The van der Waals surface area contributed by atoms with Crippen molar-refractivity contribution in [3.8, 4) is 0 Å². The van der Waals surface area contributed by atoms with Crippen molar-refractivity contribution < 1.29 is 4.79 Å². The van der Waals surface area contributed by atoms with Gasteiger partial charge in [0, 0.05) is 18.9 Å². The van der Waals surface area contributed by atoms with E-state index < -0.39 is 0 Å². The molecule has 18 heavy (non-hydrogen) atoms. The van der Waals surface area contributed by atoms with Crippen LogP contribution in [0.4, 0.5) is 0 Å². The molecule has 2 aromatic rings. The first-order valence-electron chi connectivity index (χ1n) is 5.95. The van der Waals surface area contributed by atoms with Gasteiger partial charge >= 0.3 is 0 Å². The molecule has 2 aromatic heterocycles. The number of hydrogen-bond donors (Lipinski definition) is 0. The molecule has 1 aliphatic heterocycles. The van der Waals surface area contributed by atoms with Gasteiger partial charge in [0.05, 0.1) is 12.2 Å². The Labute approximate surface area is 109 Å². The average molecular weight is 259 g/mol. The predicted molar refractivity (Wildman–Crippen MR) is 69.4 cm³/mol. The van der Waals surface area contributed by atoms with Gasteiger partial charge in [0.15, 0.2) is 0 Å². The van der Waals surface area contributed by atoms with E-state index in [1.807, 2.05) is 4.90 Å². The lowest BCUT2D eigenvalue weighted by Gasteiger charge is -2.23. The lowest BCUT2D eigenvalue weighted by Crippen LogP contribution is -2.31. The highest BCUT2D eigenvalue weighted by molar-refractivity contribution is 7.07. The molecule has 1 aliphatic rings. The van der Waals surface area contributed by atoms with E-state index in [9.17, 15) is 4.79 Å². The van der Waals surface area contributed by atoms with Crippen LogP contribution in [0, 0.1) is 0 Å². The molecule has 0 aromatic carbocycles. The highest BCUT2D eigenvalue weighted by Gasteiger charge is 2.31. The van der Waals surface area contributed by atoms with Gasteiger partial charge in [0.1, 0.15) is 5.69 Å². The highest BCUT2D eigenvalue weighted by Crippen LogP contribution is 2.33. The monoisotopic (exact) mass is 259 g/mol. The Morgan fingerprint density at radius 1 is 1.44 bits per heavy atom. The van der Waals surface area contributed by atoms with Crippen LogP contribution >= 0.6 is 11.3 Å². The summed E-state index contributed by atoms with van der Waals surface area (Å²) in [5.41, 5.74) is 1.66. The zero-order valence-electron chi connectivity index (χ0n) is 9.82. The second kappa shape index (κ2) is 4.86. The summed E-state index contributed by atoms with van der Waals surface area (Å²) in [5, 5.41) is 4.17. The summed E-state index contributed by atoms with van der Waals surface area (Å²) in [5.74, 6) is -0.0169. The van der Waals surface area contributed by atoms with Crippen molar-refractivity contribution in [1.29, 1.82) is 0 Å². The Morgan fingerprint density at radius 2 is 2.39 bits per heavy atom. The average Bonchev–Trinajstić information content (AvgIpc) is 3.09. The molecule has 0 bridgehead atoms. The first-order chi connectivity index (χ1) is 8.86. The molecule has 92 valence electrons. The molecule has 0 aliphatic carbocycles. The molecule has 3 heterocycles. The molecule has 0 radical (unpaired) electrons. The van der Waals surface area contributed by atoms with Gasteiger partial charge in [0.2, 0.25) is 0 Å². The van der Waals surface area contributed by atoms with Gasteiger partial charge < -0.3 is 4.90 Å². The molecule has 1 atom stereocenters. The molecule has 1 fully saturated rings. The normalized spacial score (nSPS) is 19.1. The lowest BCUT2D eigenvalue weighted by atomic mass is 10.1. The zero-order valence-corrected chi connectivity index (χ0v) is 10.6. The third-order valence-corrected chi connectivity index (χ3v) is 3.93. The van der Waals surface area contributed by atoms with Gasteiger partial charge in [-0.25, -0.2) is 4.98 Å². The van der Waals surface area contributed by atoms with Gasteiger partial charge in [-0.15, -0.1) is 0 Å². The number of carbonyl (C=O) groups excluding carboxylic acids is 1. The maximum atomic E-state index is 12.4. The molecule has 0 spiro atoms. The van der Waals surface area contributed by atoms with Crippen molar-refractivity contribution in [3.05, 3.63) is 46.7 Å². The molecular weight excluding hydrogens is 246 g/mol. The zero-order chi connectivity index (χ0) is 12.4. The number of amides is 1. The molecule has 4 nitrogen and oxygen atoms in total. The van der Waals surface area contributed by atoms with E-state index in [0.717, 1.165) is 19.4 Å². The summed E-state index contributed by atoms with van der Waals surface area (Å²) in [6, 6.07) is 2.29. The lowest BCUT2D eigenvalue weighted by molar-refractivity contribution is 0.0729. The van der Waals surface area contributed by atoms with Gasteiger partial charge in [0.25, 0.3) is 5.91 Å². The quantitative estimate of drug-likeness (QED) is 0.832. The van der Waals surface area contributed by atoms with Crippen molar-refractivity contribution >= 4 is 17.2 Å². The third kappa shape index (κ3) is 2.01. The Kier molecular flexibility index (Phi) is 3.06. The van der Waals surface area contributed by atoms with Gasteiger partial charge in [-0.1, -0.05) is 0 Å². The summed E-state index contributed by atoms with van der Waals surface area (Å²) in [6.07, 6.45) is 6.75. The smallest absolute Gasteiger partial charge is 0.274 e. The SMILES string of the molecule is O=C(c1cnccn1)N1CCC[C@@H]1c1ccsc1. The highest BCUT2D eigenvalue weighted by atomic mass is 32.1. The van der Waals surface area contributed by atoms with Gasteiger partial charge in [-0.3, -0.25) is 9.78 Å². The fourth-order valence-corrected chi connectivity index (χ4v) is 3.08. The molecule has 0 unspecified atom stereocenters. The molecule has 1 saturated heterocycles. The number of aromatic nitrogens is 2. The van der Waals surface area contributed by atoms with Crippen molar-refractivity contribution in [2.45, 2.75) is 18.9 Å². The molecule has 0 N–H and O–H groups in total. The standard InChI is InChI=1S/C13H13N3OS/c17-13(11-8-14-4-5-15-11)16-6-1-2-12(16)10-3-7-18-9-10/h3-5,7-9,12H,1-2,6H2/t12-/m1/s1. The molecule has 1 amide bonds. The van der Waals surface area contributed by atoms with Crippen LogP contribution in [0.5, 0.6) is 0 Å². The van der Waals surface area contributed by atoms with Crippen LogP contribution < -0.4 is 0 Å². The largest absolute Gasteiger partial charge is 0.330 e. The van der Waals surface area contributed by atoms with Crippen LogP contribution in [-0.4, -0.2) is 27.3 Å². The van der Waals surface area contributed by atoms with Crippen LogP contribution in [0.1, 0.15) is 34.9 Å². The van der Waals surface area contributed by atoms with Crippen molar-refractivity contribution in [3.63, 3.8) is 0 Å².